The van der Waals surface area contributed by atoms with Gasteiger partial charge in [-0.05, 0) is 12.5 Å². The highest BCUT2D eigenvalue weighted by atomic mass is 16.5. The zero-order chi connectivity index (χ0) is 11.6. The van der Waals surface area contributed by atoms with Crippen molar-refractivity contribution in [2.45, 2.75) is 58.0 Å². The van der Waals surface area contributed by atoms with Crippen molar-refractivity contribution in [1.82, 2.24) is 0 Å². The van der Waals surface area contributed by atoms with E-state index in [9.17, 15) is 0 Å². The van der Waals surface area contributed by atoms with Gasteiger partial charge in [0.15, 0.2) is 0 Å². The SMILES string of the molecule is CCCCCCCCOC1C=CC=C(N)C1. The van der Waals surface area contributed by atoms with Crippen molar-refractivity contribution in [3.8, 4) is 0 Å². The van der Waals surface area contributed by atoms with Crippen molar-refractivity contribution in [2.24, 2.45) is 5.73 Å². The topological polar surface area (TPSA) is 35.2 Å². The maximum atomic E-state index is 5.75. The first-order chi connectivity index (χ1) is 7.83. The van der Waals surface area contributed by atoms with Gasteiger partial charge in [0.25, 0.3) is 0 Å². The van der Waals surface area contributed by atoms with Crippen molar-refractivity contribution < 1.29 is 4.74 Å². The lowest BCUT2D eigenvalue weighted by Crippen LogP contribution is -2.17. The van der Waals surface area contributed by atoms with Crippen LogP contribution in [0.3, 0.4) is 0 Å². The number of ether oxygens (including phenoxy) is 1. The van der Waals surface area contributed by atoms with E-state index in [1.807, 2.05) is 12.2 Å². The molecule has 1 atom stereocenters. The summed E-state index contributed by atoms with van der Waals surface area (Å²) in [5.74, 6) is 0. The fourth-order valence-corrected chi connectivity index (χ4v) is 1.90. The number of unbranched alkanes of at least 4 members (excludes halogenated alkanes) is 5. The molecule has 0 aromatic rings. The van der Waals surface area contributed by atoms with Gasteiger partial charge in [-0.25, -0.2) is 0 Å². The number of hydrogen-bond acceptors (Lipinski definition) is 2. The predicted octanol–water partition coefficient (Wildman–Crippen LogP) is 3.53. The van der Waals surface area contributed by atoms with Crippen LogP contribution in [0.15, 0.2) is 23.9 Å². The van der Waals surface area contributed by atoms with E-state index < -0.39 is 0 Å². The van der Waals surface area contributed by atoms with E-state index in [1.54, 1.807) is 0 Å². The van der Waals surface area contributed by atoms with Crippen LogP contribution in [0.1, 0.15) is 51.9 Å². The highest BCUT2D eigenvalue weighted by molar-refractivity contribution is 5.18. The maximum Gasteiger partial charge on any atom is 0.0813 e. The van der Waals surface area contributed by atoms with Crippen molar-refractivity contribution in [3.63, 3.8) is 0 Å². The summed E-state index contributed by atoms with van der Waals surface area (Å²) in [5.41, 5.74) is 6.67. The summed E-state index contributed by atoms with van der Waals surface area (Å²) in [4.78, 5) is 0. The average molecular weight is 223 g/mol. The van der Waals surface area contributed by atoms with Gasteiger partial charge in [-0.3, -0.25) is 0 Å². The molecular formula is C14H25NO. The molecule has 16 heavy (non-hydrogen) atoms. The molecule has 1 rings (SSSR count). The molecule has 0 heterocycles. The Kier molecular flexibility index (Phi) is 6.98. The quantitative estimate of drug-likeness (QED) is 0.639. The second-order valence-corrected chi connectivity index (χ2v) is 4.51. The molecule has 0 spiro atoms. The number of nitrogens with two attached hydrogens (primary N) is 1. The molecule has 0 saturated heterocycles. The Labute approximate surface area is 99.6 Å². The monoisotopic (exact) mass is 223 g/mol. The van der Waals surface area contributed by atoms with Crippen LogP contribution in [-0.2, 0) is 4.74 Å². The second kappa shape index (κ2) is 8.40. The van der Waals surface area contributed by atoms with Gasteiger partial charge in [0.1, 0.15) is 0 Å². The Bertz CT molecular complexity index is 233. The third kappa shape index (κ3) is 5.96. The van der Waals surface area contributed by atoms with Gasteiger partial charge in [-0.15, -0.1) is 0 Å². The van der Waals surface area contributed by atoms with Crippen molar-refractivity contribution in [2.75, 3.05) is 6.61 Å². The molecule has 0 fully saturated rings. The average Bonchev–Trinajstić information content (AvgIpc) is 2.28. The van der Waals surface area contributed by atoms with Gasteiger partial charge in [0.2, 0.25) is 0 Å². The molecule has 0 radical (unpaired) electrons. The van der Waals surface area contributed by atoms with Gasteiger partial charge in [0.05, 0.1) is 6.10 Å². The smallest absolute Gasteiger partial charge is 0.0813 e. The van der Waals surface area contributed by atoms with Crippen LogP contribution in [-0.4, -0.2) is 12.7 Å². The summed E-state index contributed by atoms with van der Waals surface area (Å²) in [7, 11) is 0. The van der Waals surface area contributed by atoms with Crippen LogP contribution < -0.4 is 5.73 Å². The normalized spacial score (nSPS) is 19.8. The predicted molar refractivity (Wildman–Crippen MR) is 69.1 cm³/mol. The molecule has 0 bridgehead atoms. The van der Waals surface area contributed by atoms with E-state index in [-0.39, 0.29) is 6.10 Å². The van der Waals surface area contributed by atoms with E-state index in [2.05, 4.69) is 13.0 Å². The summed E-state index contributed by atoms with van der Waals surface area (Å²) in [6.07, 6.45) is 15.0. The summed E-state index contributed by atoms with van der Waals surface area (Å²) in [6.45, 7) is 3.12. The van der Waals surface area contributed by atoms with Gasteiger partial charge >= 0.3 is 0 Å². The highest BCUT2D eigenvalue weighted by Gasteiger charge is 2.08. The van der Waals surface area contributed by atoms with Crippen LogP contribution in [0.2, 0.25) is 0 Å². The first-order valence-electron chi connectivity index (χ1n) is 6.57. The molecule has 2 heteroatoms. The van der Waals surface area contributed by atoms with Crippen LogP contribution in [0.25, 0.3) is 0 Å². The van der Waals surface area contributed by atoms with Crippen molar-refractivity contribution in [3.05, 3.63) is 23.9 Å². The molecule has 1 aliphatic carbocycles. The van der Waals surface area contributed by atoms with E-state index in [0.29, 0.717) is 0 Å². The van der Waals surface area contributed by atoms with Crippen LogP contribution >= 0.6 is 0 Å². The summed E-state index contributed by atoms with van der Waals surface area (Å²) in [5, 5.41) is 0. The van der Waals surface area contributed by atoms with E-state index in [4.69, 9.17) is 10.5 Å². The number of hydrogen-bond donors (Lipinski definition) is 1. The lowest BCUT2D eigenvalue weighted by atomic mass is 10.1. The molecule has 0 saturated carbocycles. The molecule has 0 aliphatic heterocycles. The van der Waals surface area contributed by atoms with Gasteiger partial charge in [-0.1, -0.05) is 51.2 Å². The van der Waals surface area contributed by atoms with Crippen molar-refractivity contribution >= 4 is 0 Å². The zero-order valence-corrected chi connectivity index (χ0v) is 10.5. The lowest BCUT2D eigenvalue weighted by molar-refractivity contribution is 0.0811. The number of allylic oxidation sites excluding steroid dienone is 2. The largest absolute Gasteiger partial charge is 0.402 e. The Morgan fingerprint density at radius 1 is 1.25 bits per heavy atom. The van der Waals surface area contributed by atoms with E-state index >= 15 is 0 Å². The first-order valence-corrected chi connectivity index (χ1v) is 6.57. The minimum absolute atomic E-state index is 0.209. The van der Waals surface area contributed by atoms with Crippen LogP contribution in [0.5, 0.6) is 0 Å². The number of rotatable bonds is 8. The van der Waals surface area contributed by atoms with E-state index in [1.165, 1.54) is 38.5 Å². The summed E-state index contributed by atoms with van der Waals surface area (Å²) < 4.78 is 5.75. The summed E-state index contributed by atoms with van der Waals surface area (Å²) >= 11 is 0. The third-order valence-electron chi connectivity index (χ3n) is 2.90. The summed E-state index contributed by atoms with van der Waals surface area (Å²) in [6, 6.07) is 0. The second-order valence-electron chi connectivity index (χ2n) is 4.51. The maximum absolute atomic E-state index is 5.75. The zero-order valence-electron chi connectivity index (χ0n) is 10.5. The molecule has 1 unspecified atom stereocenters. The lowest BCUT2D eigenvalue weighted by Gasteiger charge is -2.16. The third-order valence-corrected chi connectivity index (χ3v) is 2.90. The molecule has 2 N–H and O–H groups in total. The minimum Gasteiger partial charge on any atom is -0.402 e. The van der Waals surface area contributed by atoms with Gasteiger partial charge in [-0.2, -0.15) is 0 Å². The van der Waals surface area contributed by atoms with E-state index in [0.717, 1.165) is 18.7 Å². The first kappa shape index (κ1) is 13.3. The Balaban J connectivity index is 1.92. The Hall–Kier alpha value is -0.760. The Morgan fingerprint density at radius 3 is 2.75 bits per heavy atom. The molecule has 92 valence electrons. The Morgan fingerprint density at radius 2 is 2.00 bits per heavy atom. The minimum atomic E-state index is 0.209. The van der Waals surface area contributed by atoms with Gasteiger partial charge < -0.3 is 10.5 Å². The standard InChI is InChI=1S/C14H25NO/c1-2-3-4-5-6-7-11-16-14-10-8-9-13(15)12-14/h8-10,14H,2-7,11-12,15H2,1H3. The van der Waals surface area contributed by atoms with Gasteiger partial charge in [0, 0.05) is 18.7 Å². The van der Waals surface area contributed by atoms with Crippen LogP contribution in [0, 0.1) is 0 Å². The molecule has 0 aromatic carbocycles. The molecule has 0 amide bonds. The molecule has 1 aliphatic rings. The van der Waals surface area contributed by atoms with Crippen LogP contribution in [0.4, 0.5) is 0 Å². The fraction of sp³-hybridized carbons (Fsp3) is 0.714. The molecule has 0 aromatic heterocycles. The fourth-order valence-electron chi connectivity index (χ4n) is 1.90. The highest BCUT2D eigenvalue weighted by Crippen LogP contribution is 2.12. The molecular weight excluding hydrogens is 198 g/mol. The van der Waals surface area contributed by atoms with Crippen molar-refractivity contribution in [1.29, 1.82) is 0 Å². The molecule has 2 nitrogen and oxygen atoms in total.